The molecule has 0 fully saturated rings. The van der Waals surface area contributed by atoms with Gasteiger partial charge in [-0.05, 0) is 28.9 Å². The fourth-order valence-electron chi connectivity index (χ4n) is 0.998. The summed E-state index contributed by atoms with van der Waals surface area (Å²) in [5.74, 6) is -0.299. The molecule has 1 rings (SSSR count). The molecule has 0 saturated heterocycles. The fourth-order valence-corrected chi connectivity index (χ4v) is 1.33. The van der Waals surface area contributed by atoms with Crippen LogP contribution in [0.3, 0.4) is 0 Å². The Kier molecular flexibility index (Phi) is 3.10. The first-order valence-electron chi connectivity index (χ1n) is 4.04. The molecule has 0 aliphatic carbocycles. The average molecular weight is 259 g/mol. The monoisotopic (exact) mass is 258 g/mol. The summed E-state index contributed by atoms with van der Waals surface area (Å²) >= 11 is 3.26. The van der Waals surface area contributed by atoms with E-state index < -0.39 is 0 Å². The molecular weight excluding hydrogens is 248 g/mol. The number of H-pyrrole nitrogens is 1. The van der Waals surface area contributed by atoms with Gasteiger partial charge in [0.1, 0.15) is 5.56 Å². The van der Waals surface area contributed by atoms with Crippen LogP contribution in [0, 0.1) is 6.92 Å². The Labute approximate surface area is 90.1 Å². The number of aromatic nitrogens is 1. The summed E-state index contributed by atoms with van der Waals surface area (Å²) in [7, 11) is 3.21. The smallest absolute Gasteiger partial charge is 0.261 e. The summed E-state index contributed by atoms with van der Waals surface area (Å²) in [5, 5.41) is 0. The minimum Gasteiger partial charge on any atom is -0.345 e. The van der Waals surface area contributed by atoms with Gasteiger partial charge in [0.2, 0.25) is 0 Å². The molecule has 4 nitrogen and oxygen atoms in total. The van der Waals surface area contributed by atoms with E-state index in [-0.39, 0.29) is 17.0 Å². The van der Waals surface area contributed by atoms with Crippen LogP contribution in [-0.4, -0.2) is 29.9 Å². The van der Waals surface area contributed by atoms with Gasteiger partial charge < -0.3 is 9.88 Å². The largest absolute Gasteiger partial charge is 0.345 e. The van der Waals surface area contributed by atoms with E-state index >= 15 is 0 Å². The molecule has 76 valence electrons. The van der Waals surface area contributed by atoms with Crippen LogP contribution in [0.25, 0.3) is 0 Å². The summed E-state index contributed by atoms with van der Waals surface area (Å²) in [6.45, 7) is 1.76. The predicted molar refractivity (Wildman–Crippen MR) is 57.5 cm³/mol. The first kappa shape index (κ1) is 11.0. The number of aromatic amines is 1. The number of hydrogen-bond donors (Lipinski definition) is 1. The minimum atomic E-state index is -0.357. The third-order valence-electron chi connectivity index (χ3n) is 1.81. The zero-order valence-electron chi connectivity index (χ0n) is 8.22. The molecule has 0 aliphatic heterocycles. The zero-order chi connectivity index (χ0) is 10.9. The summed E-state index contributed by atoms with van der Waals surface area (Å²) in [6, 6.07) is 1.54. The van der Waals surface area contributed by atoms with Crippen LogP contribution in [0.1, 0.15) is 16.1 Å². The van der Waals surface area contributed by atoms with Crippen molar-refractivity contribution < 1.29 is 4.79 Å². The first-order valence-corrected chi connectivity index (χ1v) is 4.84. The number of halogens is 1. The number of nitrogens with one attached hydrogen (secondary N) is 1. The van der Waals surface area contributed by atoms with E-state index in [1.165, 1.54) is 11.0 Å². The lowest BCUT2D eigenvalue weighted by Crippen LogP contribution is -2.28. The van der Waals surface area contributed by atoms with E-state index in [1.807, 2.05) is 0 Å². The molecule has 1 amide bonds. The average Bonchev–Trinajstić information content (AvgIpc) is 2.10. The second kappa shape index (κ2) is 3.96. The number of carbonyl (C=O) groups is 1. The summed E-state index contributed by atoms with van der Waals surface area (Å²) < 4.78 is 0.724. The number of aryl methyl sites for hydroxylation is 1. The standard InChI is InChI=1S/C9H11BrN2O2/c1-5-7(10)4-6(8(13)11-5)9(14)12(2)3/h4H,1-3H3,(H,11,13). The molecule has 1 aromatic rings. The second-order valence-electron chi connectivity index (χ2n) is 3.18. The van der Waals surface area contributed by atoms with Gasteiger partial charge in [0.05, 0.1) is 0 Å². The number of hydrogen-bond acceptors (Lipinski definition) is 2. The Balaban J connectivity index is 3.30. The molecule has 0 atom stereocenters. The number of carbonyl (C=O) groups excluding carboxylic acids is 1. The number of pyridine rings is 1. The molecule has 0 saturated carbocycles. The van der Waals surface area contributed by atoms with Gasteiger partial charge in [-0.2, -0.15) is 0 Å². The van der Waals surface area contributed by atoms with Crippen LogP contribution >= 0.6 is 15.9 Å². The molecule has 1 N–H and O–H groups in total. The molecular formula is C9H11BrN2O2. The van der Waals surface area contributed by atoms with Crippen LogP contribution in [0.2, 0.25) is 0 Å². The molecule has 0 radical (unpaired) electrons. The maximum Gasteiger partial charge on any atom is 0.261 e. The van der Waals surface area contributed by atoms with Crippen molar-refractivity contribution in [3.8, 4) is 0 Å². The Hall–Kier alpha value is -1.10. The summed E-state index contributed by atoms with van der Waals surface area (Å²) in [5.41, 5.74) is 0.502. The van der Waals surface area contributed by atoms with E-state index in [1.54, 1.807) is 21.0 Å². The van der Waals surface area contributed by atoms with Crippen molar-refractivity contribution in [2.45, 2.75) is 6.92 Å². The van der Waals surface area contributed by atoms with E-state index in [2.05, 4.69) is 20.9 Å². The van der Waals surface area contributed by atoms with Gasteiger partial charge in [-0.15, -0.1) is 0 Å². The fraction of sp³-hybridized carbons (Fsp3) is 0.333. The third-order valence-corrected chi connectivity index (χ3v) is 2.64. The third kappa shape index (κ3) is 2.04. The van der Waals surface area contributed by atoms with Gasteiger partial charge in [-0.25, -0.2) is 0 Å². The lowest BCUT2D eigenvalue weighted by Gasteiger charge is -2.10. The molecule has 0 spiro atoms. The van der Waals surface area contributed by atoms with E-state index in [0.717, 1.165) is 4.47 Å². The molecule has 1 aromatic heterocycles. The lowest BCUT2D eigenvalue weighted by molar-refractivity contribution is 0.0826. The predicted octanol–water partition coefficient (Wildman–Crippen LogP) is 1.15. The highest BCUT2D eigenvalue weighted by Gasteiger charge is 2.13. The zero-order valence-corrected chi connectivity index (χ0v) is 9.81. The first-order chi connectivity index (χ1) is 6.43. The highest BCUT2D eigenvalue weighted by Crippen LogP contribution is 2.13. The molecule has 0 unspecified atom stereocenters. The Bertz CT molecular complexity index is 423. The minimum absolute atomic E-state index is 0.146. The van der Waals surface area contributed by atoms with Crippen LogP contribution in [0.5, 0.6) is 0 Å². The molecule has 5 heteroatoms. The Morgan fingerprint density at radius 1 is 1.50 bits per heavy atom. The maximum absolute atomic E-state index is 11.5. The normalized spacial score (nSPS) is 10.0. The van der Waals surface area contributed by atoms with E-state index in [9.17, 15) is 9.59 Å². The van der Waals surface area contributed by atoms with E-state index in [4.69, 9.17) is 0 Å². The van der Waals surface area contributed by atoms with Crippen molar-refractivity contribution in [3.63, 3.8) is 0 Å². The Morgan fingerprint density at radius 2 is 2.07 bits per heavy atom. The summed E-state index contributed by atoms with van der Waals surface area (Å²) in [6.07, 6.45) is 0. The van der Waals surface area contributed by atoms with Crippen molar-refractivity contribution in [1.29, 1.82) is 0 Å². The highest BCUT2D eigenvalue weighted by molar-refractivity contribution is 9.10. The molecule has 1 heterocycles. The van der Waals surface area contributed by atoms with Crippen molar-refractivity contribution in [1.82, 2.24) is 9.88 Å². The molecule has 0 aromatic carbocycles. The topological polar surface area (TPSA) is 53.2 Å². The number of rotatable bonds is 1. The van der Waals surface area contributed by atoms with Gasteiger partial charge in [0.15, 0.2) is 0 Å². The van der Waals surface area contributed by atoms with Gasteiger partial charge >= 0.3 is 0 Å². The van der Waals surface area contributed by atoms with Crippen LogP contribution < -0.4 is 5.56 Å². The van der Waals surface area contributed by atoms with Crippen molar-refractivity contribution in [2.75, 3.05) is 14.1 Å². The van der Waals surface area contributed by atoms with E-state index in [0.29, 0.717) is 5.69 Å². The van der Waals surface area contributed by atoms with Crippen molar-refractivity contribution >= 4 is 21.8 Å². The van der Waals surface area contributed by atoms with Crippen molar-refractivity contribution in [2.24, 2.45) is 0 Å². The number of nitrogens with zero attached hydrogens (tertiary/aromatic N) is 1. The van der Waals surface area contributed by atoms with Crippen LogP contribution in [-0.2, 0) is 0 Å². The highest BCUT2D eigenvalue weighted by atomic mass is 79.9. The number of amides is 1. The maximum atomic E-state index is 11.5. The van der Waals surface area contributed by atoms with Crippen molar-refractivity contribution in [3.05, 3.63) is 32.2 Å². The lowest BCUT2D eigenvalue weighted by atomic mass is 10.2. The van der Waals surface area contributed by atoms with Crippen LogP contribution in [0.4, 0.5) is 0 Å². The molecule has 0 bridgehead atoms. The molecule has 0 aliphatic rings. The van der Waals surface area contributed by atoms with Gasteiger partial charge in [-0.1, -0.05) is 0 Å². The van der Waals surface area contributed by atoms with Gasteiger partial charge in [0.25, 0.3) is 11.5 Å². The van der Waals surface area contributed by atoms with Gasteiger partial charge in [0, 0.05) is 24.3 Å². The molecule has 14 heavy (non-hydrogen) atoms. The SMILES string of the molecule is Cc1[nH]c(=O)c(C(=O)N(C)C)cc1Br. The quantitative estimate of drug-likeness (QED) is 0.822. The Morgan fingerprint density at radius 3 is 2.57 bits per heavy atom. The second-order valence-corrected chi connectivity index (χ2v) is 4.04. The van der Waals surface area contributed by atoms with Crippen LogP contribution in [0.15, 0.2) is 15.3 Å². The summed E-state index contributed by atoms with van der Waals surface area (Å²) in [4.78, 5) is 26.9. The van der Waals surface area contributed by atoms with Gasteiger partial charge in [-0.3, -0.25) is 9.59 Å².